The third-order valence-corrected chi connectivity index (χ3v) is 3.81. The van der Waals surface area contributed by atoms with Gasteiger partial charge in [-0.25, -0.2) is 0 Å². The van der Waals surface area contributed by atoms with Crippen LogP contribution in [0.1, 0.15) is 25.3 Å². The second-order valence-corrected chi connectivity index (χ2v) is 5.24. The molecule has 1 saturated heterocycles. The lowest BCUT2D eigenvalue weighted by Gasteiger charge is -2.28. The van der Waals surface area contributed by atoms with Crippen molar-refractivity contribution in [2.45, 2.75) is 32.8 Å². The van der Waals surface area contributed by atoms with Gasteiger partial charge in [0.2, 0.25) is 0 Å². The second-order valence-electron chi connectivity index (χ2n) is 4.83. The summed E-state index contributed by atoms with van der Waals surface area (Å²) in [5, 5.41) is 0.626. The zero-order chi connectivity index (χ0) is 13.1. The lowest BCUT2D eigenvalue weighted by molar-refractivity contribution is 0.115. The molecular formula is C14H21ClN2O. The van der Waals surface area contributed by atoms with E-state index < -0.39 is 0 Å². The number of nitrogens with two attached hydrogens (primary N) is 1. The highest BCUT2D eigenvalue weighted by molar-refractivity contribution is 6.33. The third kappa shape index (κ3) is 2.90. The number of nitrogen functional groups attached to an aromatic ring is 1. The number of likely N-dealkylation sites (N-methyl/N-ethyl adjacent to an activating group) is 1. The van der Waals surface area contributed by atoms with Crippen molar-refractivity contribution < 1.29 is 4.74 Å². The normalized spacial score (nSPS) is 19.2. The van der Waals surface area contributed by atoms with Gasteiger partial charge < -0.3 is 15.4 Å². The first kappa shape index (κ1) is 13.5. The van der Waals surface area contributed by atoms with Gasteiger partial charge in [0.15, 0.2) is 0 Å². The molecule has 4 heteroatoms. The van der Waals surface area contributed by atoms with Gasteiger partial charge in [-0.05, 0) is 44.4 Å². The molecule has 3 nitrogen and oxygen atoms in total. The molecular weight excluding hydrogens is 248 g/mol. The highest BCUT2D eigenvalue weighted by Crippen LogP contribution is 2.30. The predicted molar refractivity (Wildman–Crippen MR) is 77.5 cm³/mol. The minimum Gasteiger partial charge on any atom is -0.398 e. The molecule has 0 aliphatic carbocycles. The molecule has 0 radical (unpaired) electrons. The average Bonchev–Trinajstić information content (AvgIpc) is 2.84. The summed E-state index contributed by atoms with van der Waals surface area (Å²) in [5.41, 5.74) is 8.79. The molecule has 0 amide bonds. The molecule has 1 atom stereocenters. The van der Waals surface area contributed by atoms with Gasteiger partial charge in [0.05, 0.1) is 16.8 Å². The lowest BCUT2D eigenvalue weighted by atomic mass is 10.1. The van der Waals surface area contributed by atoms with Crippen molar-refractivity contribution in [3.63, 3.8) is 0 Å². The van der Waals surface area contributed by atoms with Crippen molar-refractivity contribution in [3.05, 3.63) is 22.7 Å². The van der Waals surface area contributed by atoms with Crippen LogP contribution in [0.4, 0.5) is 11.4 Å². The first-order valence-corrected chi connectivity index (χ1v) is 6.91. The van der Waals surface area contributed by atoms with Crippen molar-refractivity contribution in [1.82, 2.24) is 0 Å². The number of rotatable bonds is 4. The summed E-state index contributed by atoms with van der Waals surface area (Å²) in [7, 11) is 0. The fourth-order valence-corrected chi connectivity index (χ4v) is 2.62. The summed E-state index contributed by atoms with van der Waals surface area (Å²) in [5.74, 6) is 0. The molecule has 2 N–H and O–H groups in total. The number of nitrogens with zero attached hydrogens (tertiary/aromatic N) is 1. The van der Waals surface area contributed by atoms with E-state index in [2.05, 4.69) is 18.7 Å². The van der Waals surface area contributed by atoms with E-state index in [1.807, 2.05) is 12.1 Å². The maximum atomic E-state index is 6.12. The van der Waals surface area contributed by atoms with Gasteiger partial charge in [-0.2, -0.15) is 0 Å². The van der Waals surface area contributed by atoms with Gasteiger partial charge in [0.25, 0.3) is 0 Å². The Morgan fingerprint density at radius 2 is 2.28 bits per heavy atom. The first-order chi connectivity index (χ1) is 8.61. The van der Waals surface area contributed by atoms with Crippen LogP contribution in [0.15, 0.2) is 12.1 Å². The largest absolute Gasteiger partial charge is 0.398 e. The van der Waals surface area contributed by atoms with E-state index in [-0.39, 0.29) is 0 Å². The van der Waals surface area contributed by atoms with Crippen LogP contribution in [0, 0.1) is 6.92 Å². The summed E-state index contributed by atoms with van der Waals surface area (Å²) in [4.78, 5) is 2.32. The zero-order valence-electron chi connectivity index (χ0n) is 11.1. The van der Waals surface area contributed by atoms with E-state index in [0.717, 1.165) is 37.4 Å². The molecule has 0 saturated carbocycles. The number of anilines is 2. The van der Waals surface area contributed by atoms with E-state index in [9.17, 15) is 0 Å². The third-order valence-electron chi connectivity index (χ3n) is 3.49. The maximum Gasteiger partial charge on any atom is 0.0750 e. The number of halogens is 1. The van der Waals surface area contributed by atoms with Crippen molar-refractivity contribution in [1.29, 1.82) is 0 Å². The highest BCUT2D eigenvalue weighted by Gasteiger charge is 2.20. The predicted octanol–water partition coefficient (Wildman–Crippen LogP) is 3.24. The number of aryl methyl sites for hydroxylation is 1. The molecule has 0 spiro atoms. The number of ether oxygens (including phenoxy) is 1. The lowest BCUT2D eigenvalue weighted by Crippen LogP contribution is -2.32. The van der Waals surface area contributed by atoms with Crippen LogP contribution in [0.25, 0.3) is 0 Å². The Morgan fingerprint density at radius 1 is 1.50 bits per heavy atom. The van der Waals surface area contributed by atoms with Crippen molar-refractivity contribution in [2.24, 2.45) is 0 Å². The fourth-order valence-electron chi connectivity index (χ4n) is 2.47. The van der Waals surface area contributed by atoms with Gasteiger partial charge in [0.1, 0.15) is 0 Å². The van der Waals surface area contributed by atoms with Gasteiger partial charge in [-0.1, -0.05) is 11.6 Å². The topological polar surface area (TPSA) is 38.5 Å². The van der Waals surface area contributed by atoms with Crippen molar-refractivity contribution in [2.75, 3.05) is 30.3 Å². The Bertz CT molecular complexity index is 417. The Kier molecular flexibility index (Phi) is 4.36. The number of hydrogen-bond acceptors (Lipinski definition) is 3. The molecule has 1 heterocycles. The summed E-state index contributed by atoms with van der Waals surface area (Å²) in [6.45, 7) is 6.99. The van der Waals surface area contributed by atoms with Crippen molar-refractivity contribution >= 4 is 23.0 Å². The van der Waals surface area contributed by atoms with Gasteiger partial charge in [0, 0.05) is 25.4 Å². The van der Waals surface area contributed by atoms with Gasteiger partial charge in [-0.15, -0.1) is 0 Å². The van der Waals surface area contributed by atoms with E-state index in [1.54, 1.807) is 0 Å². The molecule has 2 rings (SSSR count). The smallest absolute Gasteiger partial charge is 0.0750 e. The number of hydrogen-bond donors (Lipinski definition) is 1. The molecule has 1 aliphatic rings. The standard InChI is InChI=1S/C14H21ClN2O/c1-3-17(9-11-5-4-6-18-11)14-8-12(15)13(16)7-10(14)2/h7-8,11H,3-6,9,16H2,1-2H3. The van der Waals surface area contributed by atoms with Gasteiger partial charge >= 0.3 is 0 Å². The Hall–Kier alpha value is -0.930. The van der Waals surface area contributed by atoms with Crippen molar-refractivity contribution in [3.8, 4) is 0 Å². The van der Waals surface area contributed by atoms with E-state index >= 15 is 0 Å². The Balaban J connectivity index is 2.18. The quantitative estimate of drug-likeness (QED) is 0.852. The van der Waals surface area contributed by atoms with E-state index in [0.29, 0.717) is 16.8 Å². The highest BCUT2D eigenvalue weighted by atomic mass is 35.5. The second kappa shape index (κ2) is 5.81. The van der Waals surface area contributed by atoms with Crippen LogP contribution in [-0.2, 0) is 4.74 Å². The molecule has 100 valence electrons. The van der Waals surface area contributed by atoms with E-state index in [1.165, 1.54) is 6.42 Å². The maximum absolute atomic E-state index is 6.12. The monoisotopic (exact) mass is 268 g/mol. The molecule has 18 heavy (non-hydrogen) atoms. The SMILES string of the molecule is CCN(CC1CCCO1)c1cc(Cl)c(N)cc1C. The molecule has 1 fully saturated rings. The average molecular weight is 269 g/mol. The van der Waals surface area contributed by atoms with Crippen LogP contribution < -0.4 is 10.6 Å². The fraction of sp³-hybridized carbons (Fsp3) is 0.571. The molecule has 1 aromatic carbocycles. The Labute approximate surface area is 114 Å². The van der Waals surface area contributed by atoms with Crippen LogP contribution in [0.5, 0.6) is 0 Å². The van der Waals surface area contributed by atoms with Crippen LogP contribution in [0.3, 0.4) is 0 Å². The van der Waals surface area contributed by atoms with Gasteiger partial charge in [-0.3, -0.25) is 0 Å². The molecule has 1 aromatic rings. The summed E-state index contributed by atoms with van der Waals surface area (Å²) < 4.78 is 5.70. The first-order valence-electron chi connectivity index (χ1n) is 6.54. The van der Waals surface area contributed by atoms with Crippen LogP contribution >= 0.6 is 11.6 Å². The van der Waals surface area contributed by atoms with Crippen LogP contribution in [0.2, 0.25) is 5.02 Å². The zero-order valence-corrected chi connectivity index (χ0v) is 11.8. The van der Waals surface area contributed by atoms with E-state index in [4.69, 9.17) is 22.1 Å². The minimum atomic E-state index is 0.348. The summed E-state index contributed by atoms with van der Waals surface area (Å²) in [6, 6.07) is 3.90. The number of benzene rings is 1. The molecule has 0 bridgehead atoms. The molecule has 1 unspecified atom stereocenters. The molecule has 1 aliphatic heterocycles. The summed E-state index contributed by atoms with van der Waals surface area (Å²) >= 11 is 6.12. The minimum absolute atomic E-state index is 0.348. The molecule has 0 aromatic heterocycles. The van der Waals surface area contributed by atoms with Crippen LogP contribution in [-0.4, -0.2) is 25.8 Å². The Morgan fingerprint density at radius 3 is 2.89 bits per heavy atom. The summed E-state index contributed by atoms with van der Waals surface area (Å²) in [6.07, 6.45) is 2.67.